The van der Waals surface area contributed by atoms with Gasteiger partial charge in [-0.05, 0) is 52.9 Å². The van der Waals surface area contributed by atoms with E-state index in [0.29, 0.717) is 17.5 Å². The molecule has 0 N–H and O–H groups in total. The van der Waals surface area contributed by atoms with Gasteiger partial charge in [0.2, 0.25) is 0 Å². The predicted octanol–water partition coefficient (Wildman–Crippen LogP) is 12.3. The van der Waals surface area contributed by atoms with Crippen LogP contribution < -0.4 is 0 Å². The summed E-state index contributed by atoms with van der Waals surface area (Å²) in [4.78, 5) is 15.1. The van der Waals surface area contributed by atoms with E-state index in [-0.39, 0.29) is 0 Å². The molecule has 0 saturated heterocycles. The van der Waals surface area contributed by atoms with Crippen LogP contribution in [-0.2, 0) is 0 Å². The number of fused-ring (bicyclic) bond motifs is 3. The summed E-state index contributed by atoms with van der Waals surface area (Å²) < 4.78 is 6.48. The quantitative estimate of drug-likeness (QED) is 0.155. The molecule has 8 aromatic rings. The van der Waals surface area contributed by atoms with E-state index in [9.17, 15) is 0 Å². The zero-order chi connectivity index (χ0) is 33.7. The summed E-state index contributed by atoms with van der Waals surface area (Å²) in [6.07, 6.45) is 12.2. The van der Waals surface area contributed by atoms with Gasteiger partial charge in [-0.25, -0.2) is 15.0 Å². The van der Waals surface area contributed by atoms with Crippen molar-refractivity contribution in [3.63, 3.8) is 0 Å². The molecule has 0 unspecified atom stereocenters. The van der Waals surface area contributed by atoms with Crippen LogP contribution in [-0.4, -0.2) is 15.0 Å². The van der Waals surface area contributed by atoms with Gasteiger partial charge in [-0.1, -0.05) is 164 Å². The first-order valence-electron chi connectivity index (χ1n) is 16.7. The number of hydrogen-bond donors (Lipinski definition) is 0. The van der Waals surface area contributed by atoms with Crippen molar-refractivity contribution in [2.45, 2.75) is 6.92 Å². The third kappa shape index (κ3) is 6.30. The fraction of sp³-hybridized carbons (Fsp3) is 0.0217. The van der Waals surface area contributed by atoms with Crippen LogP contribution in [0, 0.1) is 0 Å². The fourth-order valence-electron chi connectivity index (χ4n) is 6.17. The zero-order valence-corrected chi connectivity index (χ0v) is 27.6. The van der Waals surface area contributed by atoms with Crippen LogP contribution in [0.5, 0.6) is 0 Å². The molecule has 4 nitrogen and oxygen atoms in total. The molecule has 4 heteroatoms. The number of furan rings is 1. The Balaban J connectivity index is 1.19. The van der Waals surface area contributed by atoms with Crippen molar-refractivity contribution in [3.8, 4) is 56.4 Å². The molecule has 0 aliphatic carbocycles. The summed E-state index contributed by atoms with van der Waals surface area (Å²) in [7, 11) is 0. The largest absolute Gasteiger partial charge is 0.456 e. The molecule has 0 fully saturated rings. The van der Waals surface area contributed by atoms with Crippen molar-refractivity contribution in [2.75, 3.05) is 0 Å². The van der Waals surface area contributed by atoms with Crippen molar-refractivity contribution in [1.82, 2.24) is 15.0 Å². The van der Waals surface area contributed by atoms with Gasteiger partial charge >= 0.3 is 0 Å². The first kappa shape index (κ1) is 30.7. The molecule has 0 spiro atoms. The Morgan fingerprint density at radius 3 is 1.72 bits per heavy atom. The molecule has 50 heavy (non-hydrogen) atoms. The number of aromatic nitrogens is 3. The molecule has 0 amide bonds. The normalized spacial score (nSPS) is 11.9. The van der Waals surface area contributed by atoms with Gasteiger partial charge in [-0.3, -0.25) is 0 Å². The summed E-state index contributed by atoms with van der Waals surface area (Å²) >= 11 is 0. The van der Waals surface area contributed by atoms with E-state index < -0.39 is 0 Å². The molecule has 0 atom stereocenters. The standard InChI is InChI=1S/C46H33N3O/c1-2-3-4-5-8-14-32-21-23-35(24-22-32)38-29-30-39-42(31-38)50-41-20-13-19-40(43(39)41)46-48-44(36-17-11-7-12-18-36)47-45(49-46)37-27-25-34(26-28-37)33-15-9-6-10-16-33/h2-31H,1H3/b3-2-,5-4-,14-8+. The van der Waals surface area contributed by atoms with Crippen LogP contribution in [0.1, 0.15) is 12.5 Å². The topological polar surface area (TPSA) is 51.8 Å². The summed E-state index contributed by atoms with van der Waals surface area (Å²) in [5.41, 5.74) is 10.0. The molecule has 8 rings (SSSR count). The molecule has 0 aliphatic rings. The number of allylic oxidation sites excluding steroid dienone is 5. The van der Waals surface area contributed by atoms with Gasteiger partial charge in [-0.2, -0.15) is 0 Å². The van der Waals surface area contributed by atoms with Gasteiger partial charge in [0, 0.05) is 27.5 Å². The molecule has 238 valence electrons. The van der Waals surface area contributed by atoms with Crippen LogP contribution >= 0.6 is 0 Å². The van der Waals surface area contributed by atoms with E-state index in [1.807, 2.05) is 85.8 Å². The van der Waals surface area contributed by atoms with Gasteiger partial charge in [0.1, 0.15) is 11.2 Å². The summed E-state index contributed by atoms with van der Waals surface area (Å²) in [6, 6.07) is 49.9. The fourth-order valence-corrected chi connectivity index (χ4v) is 6.17. The van der Waals surface area contributed by atoms with Gasteiger partial charge in [0.15, 0.2) is 17.5 Å². The highest BCUT2D eigenvalue weighted by Gasteiger charge is 2.18. The maximum Gasteiger partial charge on any atom is 0.164 e. The number of hydrogen-bond acceptors (Lipinski definition) is 4. The van der Waals surface area contributed by atoms with Crippen molar-refractivity contribution in [1.29, 1.82) is 0 Å². The van der Waals surface area contributed by atoms with E-state index in [1.165, 1.54) is 5.56 Å². The van der Waals surface area contributed by atoms with Crippen molar-refractivity contribution >= 4 is 28.0 Å². The molecular weight excluding hydrogens is 611 g/mol. The molecule has 0 radical (unpaired) electrons. The maximum atomic E-state index is 6.48. The Labute approximate surface area is 291 Å². The second-order valence-corrected chi connectivity index (χ2v) is 12.0. The average Bonchev–Trinajstić information content (AvgIpc) is 3.57. The average molecular weight is 644 g/mol. The van der Waals surface area contributed by atoms with Crippen LogP contribution in [0.25, 0.3) is 84.4 Å². The molecular formula is C46H33N3O. The lowest BCUT2D eigenvalue weighted by molar-refractivity contribution is 0.669. The van der Waals surface area contributed by atoms with Gasteiger partial charge in [-0.15, -0.1) is 0 Å². The second-order valence-electron chi connectivity index (χ2n) is 12.0. The van der Waals surface area contributed by atoms with E-state index >= 15 is 0 Å². The Hall–Kier alpha value is -6.65. The lowest BCUT2D eigenvalue weighted by Gasteiger charge is -2.10. The summed E-state index contributed by atoms with van der Waals surface area (Å²) in [6.45, 7) is 2.01. The predicted molar refractivity (Wildman–Crippen MR) is 207 cm³/mol. The Kier molecular flexibility index (Phi) is 8.49. The van der Waals surface area contributed by atoms with E-state index in [1.54, 1.807) is 0 Å². The van der Waals surface area contributed by atoms with Crippen LogP contribution in [0.15, 0.2) is 180 Å². The molecule has 2 heterocycles. The molecule has 2 aromatic heterocycles. The number of rotatable bonds is 8. The van der Waals surface area contributed by atoms with E-state index in [0.717, 1.165) is 60.9 Å². The minimum Gasteiger partial charge on any atom is -0.456 e. The van der Waals surface area contributed by atoms with Gasteiger partial charge in [0.05, 0.1) is 0 Å². The first-order valence-corrected chi connectivity index (χ1v) is 16.7. The van der Waals surface area contributed by atoms with Gasteiger partial charge in [0.25, 0.3) is 0 Å². The minimum absolute atomic E-state index is 0.600. The molecule has 0 bridgehead atoms. The van der Waals surface area contributed by atoms with E-state index in [4.69, 9.17) is 19.4 Å². The lowest BCUT2D eigenvalue weighted by Crippen LogP contribution is -2.00. The monoisotopic (exact) mass is 643 g/mol. The zero-order valence-electron chi connectivity index (χ0n) is 27.6. The third-order valence-corrected chi connectivity index (χ3v) is 8.71. The van der Waals surface area contributed by atoms with E-state index in [2.05, 4.69) is 103 Å². The van der Waals surface area contributed by atoms with Crippen LogP contribution in [0.4, 0.5) is 0 Å². The smallest absolute Gasteiger partial charge is 0.164 e. The summed E-state index contributed by atoms with van der Waals surface area (Å²) in [5.74, 6) is 1.84. The lowest BCUT2D eigenvalue weighted by atomic mass is 10.0. The van der Waals surface area contributed by atoms with Gasteiger partial charge < -0.3 is 4.42 Å². The van der Waals surface area contributed by atoms with Crippen molar-refractivity contribution < 1.29 is 4.42 Å². The SMILES string of the molecule is C\C=C/C=C\C=C\c1ccc(-c2ccc3c(c2)oc2cccc(-c4nc(-c5ccccc5)nc(-c5ccc(-c6ccccc6)cc5)n4)c23)cc1. The highest BCUT2D eigenvalue weighted by Crippen LogP contribution is 2.38. The first-order chi connectivity index (χ1) is 24.7. The number of benzene rings is 6. The van der Waals surface area contributed by atoms with Crippen molar-refractivity contribution in [2.24, 2.45) is 0 Å². The van der Waals surface area contributed by atoms with Crippen LogP contribution in [0.3, 0.4) is 0 Å². The second kappa shape index (κ2) is 13.8. The van der Waals surface area contributed by atoms with Crippen LogP contribution in [0.2, 0.25) is 0 Å². The Morgan fingerprint density at radius 1 is 0.440 bits per heavy atom. The molecule has 6 aromatic carbocycles. The molecule has 0 saturated carbocycles. The third-order valence-electron chi connectivity index (χ3n) is 8.71. The minimum atomic E-state index is 0.600. The van der Waals surface area contributed by atoms with Crippen molar-refractivity contribution in [3.05, 3.63) is 182 Å². The summed E-state index contributed by atoms with van der Waals surface area (Å²) in [5, 5.41) is 2.00. The number of nitrogens with zero attached hydrogens (tertiary/aromatic N) is 3. The maximum absolute atomic E-state index is 6.48. The Morgan fingerprint density at radius 2 is 1.00 bits per heavy atom. The highest BCUT2D eigenvalue weighted by atomic mass is 16.3. The Bertz CT molecular complexity index is 2510. The molecule has 0 aliphatic heterocycles. The highest BCUT2D eigenvalue weighted by molar-refractivity contribution is 6.12.